The van der Waals surface area contributed by atoms with Crippen LogP contribution >= 0.6 is 0 Å². The second-order valence-corrected chi connectivity index (χ2v) is 6.36. The molecule has 3 unspecified atom stereocenters. The molecular weight excluding hydrogens is 222 g/mol. The largest absolute Gasteiger partial charge is 0.374 e. The SMILES string of the molecule is CCN(/C=C1/CCCCC1=O)C1CC2CCC1C2. The Labute approximate surface area is 110 Å². The van der Waals surface area contributed by atoms with Crippen molar-refractivity contribution in [3.63, 3.8) is 0 Å². The third kappa shape index (κ3) is 2.22. The number of carbonyl (C=O) groups is 1. The highest BCUT2D eigenvalue weighted by Crippen LogP contribution is 2.46. The fraction of sp³-hybridized carbons (Fsp3) is 0.812. The van der Waals surface area contributed by atoms with Crippen LogP contribution in [0.15, 0.2) is 11.8 Å². The zero-order valence-electron chi connectivity index (χ0n) is 11.5. The molecule has 0 aromatic rings. The number of rotatable bonds is 3. The number of nitrogens with zero attached hydrogens (tertiary/aromatic N) is 1. The molecule has 0 saturated heterocycles. The zero-order valence-corrected chi connectivity index (χ0v) is 11.5. The van der Waals surface area contributed by atoms with Gasteiger partial charge >= 0.3 is 0 Å². The van der Waals surface area contributed by atoms with Gasteiger partial charge in [-0.2, -0.15) is 0 Å². The third-order valence-electron chi connectivity index (χ3n) is 5.27. The normalized spacial score (nSPS) is 37.5. The molecular formula is C16H25NO. The summed E-state index contributed by atoms with van der Waals surface area (Å²) in [5, 5.41) is 0. The standard InChI is InChI=1S/C16H25NO/c1-2-17(11-14-5-3-4-6-16(14)18)15-10-12-7-8-13(15)9-12/h11-13,15H,2-10H2,1H3/b14-11-. The molecule has 3 saturated carbocycles. The highest BCUT2D eigenvalue weighted by molar-refractivity contribution is 5.95. The Hall–Kier alpha value is -0.790. The molecule has 0 N–H and O–H groups in total. The highest BCUT2D eigenvalue weighted by atomic mass is 16.1. The Bertz CT molecular complexity index is 360. The lowest BCUT2D eigenvalue weighted by molar-refractivity contribution is -0.116. The molecule has 3 fully saturated rings. The van der Waals surface area contributed by atoms with Crippen molar-refractivity contribution >= 4 is 5.78 Å². The van der Waals surface area contributed by atoms with Crippen LogP contribution in [-0.2, 0) is 4.79 Å². The summed E-state index contributed by atoms with van der Waals surface area (Å²) >= 11 is 0. The van der Waals surface area contributed by atoms with Gasteiger partial charge in [0.1, 0.15) is 0 Å². The second-order valence-electron chi connectivity index (χ2n) is 6.36. The maximum absolute atomic E-state index is 11.9. The van der Waals surface area contributed by atoms with Crippen molar-refractivity contribution < 1.29 is 4.79 Å². The topological polar surface area (TPSA) is 20.3 Å². The first-order valence-corrected chi connectivity index (χ1v) is 7.77. The van der Waals surface area contributed by atoms with Crippen molar-refractivity contribution in [3.05, 3.63) is 11.8 Å². The van der Waals surface area contributed by atoms with Crippen LogP contribution in [0.4, 0.5) is 0 Å². The summed E-state index contributed by atoms with van der Waals surface area (Å²) in [4.78, 5) is 14.4. The molecule has 18 heavy (non-hydrogen) atoms. The van der Waals surface area contributed by atoms with E-state index in [0.717, 1.165) is 49.3 Å². The van der Waals surface area contributed by atoms with E-state index >= 15 is 0 Å². The highest BCUT2D eigenvalue weighted by Gasteiger charge is 2.41. The molecule has 0 aromatic heterocycles. The predicted octanol–water partition coefficient (Wildman–Crippen LogP) is 3.52. The summed E-state index contributed by atoms with van der Waals surface area (Å²) in [6, 6.07) is 0.732. The van der Waals surface area contributed by atoms with E-state index < -0.39 is 0 Å². The van der Waals surface area contributed by atoms with Crippen molar-refractivity contribution in [2.24, 2.45) is 11.8 Å². The minimum Gasteiger partial charge on any atom is -0.374 e. The summed E-state index contributed by atoms with van der Waals surface area (Å²) < 4.78 is 0. The maximum Gasteiger partial charge on any atom is 0.160 e. The smallest absolute Gasteiger partial charge is 0.160 e. The predicted molar refractivity (Wildman–Crippen MR) is 73.2 cm³/mol. The molecule has 0 amide bonds. The molecule has 3 rings (SSSR count). The number of ketones is 1. The van der Waals surface area contributed by atoms with Crippen molar-refractivity contribution in [2.45, 2.75) is 64.3 Å². The zero-order chi connectivity index (χ0) is 12.5. The number of hydrogen-bond donors (Lipinski definition) is 0. The molecule has 2 nitrogen and oxygen atoms in total. The lowest BCUT2D eigenvalue weighted by atomic mass is 9.92. The van der Waals surface area contributed by atoms with Crippen molar-refractivity contribution in [2.75, 3.05) is 6.54 Å². The first-order valence-electron chi connectivity index (χ1n) is 7.77. The van der Waals surface area contributed by atoms with E-state index in [4.69, 9.17) is 0 Å². The molecule has 100 valence electrons. The van der Waals surface area contributed by atoms with Crippen molar-refractivity contribution in [1.82, 2.24) is 4.90 Å². The van der Waals surface area contributed by atoms with Gasteiger partial charge in [0.2, 0.25) is 0 Å². The number of carbonyl (C=O) groups excluding carboxylic acids is 1. The van der Waals surface area contributed by atoms with Crippen LogP contribution in [0.2, 0.25) is 0 Å². The van der Waals surface area contributed by atoms with Gasteiger partial charge in [-0.1, -0.05) is 6.42 Å². The molecule has 3 atom stereocenters. The lowest BCUT2D eigenvalue weighted by Gasteiger charge is -2.34. The number of Topliss-reactive ketones (excluding diaryl/α,β-unsaturated/α-hetero) is 1. The van der Waals surface area contributed by atoms with Crippen LogP contribution in [0.1, 0.15) is 58.3 Å². The molecule has 2 heteroatoms. The maximum atomic E-state index is 11.9. The Morgan fingerprint density at radius 1 is 1.22 bits per heavy atom. The van der Waals surface area contributed by atoms with Gasteiger partial charge in [-0.25, -0.2) is 0 Å². The van der Waals surface area contributed by atoms with Crippen molar-refractivity contribution in [3.8, 4) is 0 Å². The fourth-order valence-corrected chi connectivity index (χ4v) is 4.28. The van der Waals surface area contributed by atoms with E-state index in [1.807, 2.05) is 0 Å². The fourth-order valence-electron chi connectivity index (χ4n) is 4.28. The number of hydrogen-bond acceptors (Lipinski definition) is 2. The summed E-state index contributed by atoms with van der Waals surface area (Å²) in [5.41, 5.74) is 1.10. The molecule has 3 aliphatic rings. The van der Waals surface area contributed by atoms with Gasteiger partial charge in [-0.05, 0) is 57.3 Å². The van der Waals surface area contributed by atoms with Crippen LogP contribution in [0, 0.1) is 11.8 Å². The average Bonchev–Trinajstić information content (AvgIpc) is 3.00. The van der Waals surface area contributed by atoms with Crippen LogP contribution < -0.4 is 0 Å². The van der Waals surface area contributed by atoms with Gasteiger partial charge in [-0.15, -0.1) is 0 Å². The van der Waals surface area contributed by atoms with Gasteiger partial charge in [0, 0.05) is 30.8 Å². The summed E-state index contributed by atoms with van der Waals surface area (Å²) in [5.74, 6) is 2.29. The van der Waals surface area contributed by atoms with Gasteiger partial charge in [0.25, 0.3) is 0 Å². The van der Waals surface area contributed by atoms with E-state index in [-0.39, 0.29) is 0 Å². The minimum atomic E-state index is 0.405. The molecule has 0 aromatic carbocycles. The van der Waals surface area contributed by atoms with Crippen LogP contribution in [0.5, 0.6) is 0 Å². The van der Waals surface area contributed by atoms with Gasteiger partial charge in [0.05, 0.1) is 0 Å². The first-order chi connectivity index (χ1) is 8.78. The summed E-state index contributed by atoms with van der Waals surface area (Å²) in [6.45, 7) is 3.29. The van der Waals surface area contributed by atoms with Gasteiger partial charge in [-0.3, -0.25) is 4.79 Å². The van der Waals surface area contributed by atoms with Gasteiger partial charge < -0.3 is 4.90 Å². The van der Waals surface area contributed by atoms with E-state index in [1.165, 1.54) is 32.1 Å². The summed E-state index contributed by atoms with van der Waals surface area (Å²) in [6.07, 6.45) is 12.0. The second kappa shape index (κ2) is 5.07. The Morgan fingerprint density at radius 2 is 2.06 bits per heavy atom. The molecule has 0 spiro atoms. The third-order valence-corrected chi connectivity index (χ3v) is 5.27. The summed E-state index contributed by atoms with van der Waals surface area (Å²) in [7, 11) is 0. The van der Waals surface area contributed by atoms with Crippen LogP contribution in [0.25, 0.3) is 0 Å². The quantitative estimate of drug-likeness (QED) is 0.711. The van der Waals surface area contributed by atoms with E-state index in [2.05, 4.69) is 18.0 Å². The van der Waals surface area contributed by atoms with Crippen molar-refractivity contribution in [1.29, 1.82) is 0 Å². The van der Waals surface area contributed by atoms with E-state index in [0.29, 0.717) is 5.78 Å². The first kappa shape index (κ1) is 12.3. The Morgan fingerprint density at radius 3 is 2.67 bits per heavy atom. The van der Waals surface area contributed by atoms with Gasteiger partial charge in [0.15, 0.2) is 5.78 Å². The lowest BCUT2D eigenvalue weighted by Crippen LogP contribution is -2.35. The van der Waals surface area contributed by atoms with Crippen LogP contribution in [0.3, 0.4) is 0 Å². The number of allylic oxidation sites excluding steroid dienone is 1. The Kier molecular flexibility index (Phi) is 3.45. The number of fused-ring (bicyclic) bond motifs is 2. The average molecular weight is 247 g/mol. The molecule has 0 aliphatic heterocycles. The molecule has 0 radical (unpaired) electrons. The van der Waals surface area contributed by atoms with E-state index in [9.17, 15) is 4.79 Å². The molecule has 2 bridgehead atoms. The molecule has 0 heterocycles. The Balaban J connectivity index is 1.72. The van der Waals surface area contributed by atoms with Crippen LogP contribution in [-0.4, -0.2) is 23.3 Å². The molecule has 3 aliphatic carbocycles. The minimum absolute atomic E-state index is 0.405. The monoisotopic (exact) mass is 247 g/mol. The van der Waals surface area contributed by atoms with E-state index in [1.54, 1.807) is 0 Å².